The van der Waals surface area contributed by atoms with E-state index in [1.807, 2.05) is 26.0 Å². The lowest BCUT2D eigenvalue weighted by molar-refractivity contribution is -0.381. The van der Waals surface area contributed by atoms with Crippen LogP contribution in [0.2, 0.25) is 0 Å². The fraction of sp³-hybridized carbons (Fsp3) is 0.829. The Hall–Kier alpha value is -3.85. The molecule has 0 amide bonds. The number of methoxy groups -OCH3 is 1. The molecular weight excluding hydrogens is 1330 g/mol. The molecule has 5 aliphatic heterocycles. The predicted octanol–water partition coefficient (Wildman–Crippen LogP) is 5.06. The van der Waals surface area contributed by atoms with Crippen LogP contribution < -0.4 is 4.74 Å². The lowest BCUT2D eigenvalue weighted by Gasteiger charge is -2.71. The molecule has 0 spiro atoms. The number of carbonyl (C=O) groups is 3. The van der Waals surface area contributed by atoms with Crippen molar-refractivity contribution in [1.29, 1.82) is 0 Å². The summed E-state index contributed by atoms with van der Waals surface area (Å²) >= 11 is 0. The second-order valence-electron chi connectivity index (χ2n) is 33.9. The zero-order valence-electron chi connectivity index (χ0n) is 62.0. The lowest BCUT2D eigenvalue weighted by Crippen LogP contribution is -2.67. The average Bonchev–Trinajstić information content (AvgIpc) is 0.677. The number of ether oxygens (including phenoxy) is 12. The summed E-state index contributed by atoms with van der Waals surface area (Å²) in [4.78, 5) is 42.5. The number of benzene rings is 1. The van der Waals surface area contributed by atoms with Gasteiger partial charge in [-0.15, -0.1) is 0 Å². The van der Waals surface area contributed by atoms with Crippen LogP contribution >= 0.6 is 0 Å². The quantitative estimate of drug-likeness (QED) is 0.0420. The van der Waals surface area contributed by atoms with Crippen LogP contribution in [0.3, 0.4) is 0 Å². The van der Waals surface area contributed by atoms with E-state index in [4.69, 9.17) is 56.8 Å². The minimum atomic E-state index is -2.02. The monoisotopic (exact) mass is 1440 g/mol. The van der Waals surface area contributed by atoms with Gasteiger partial charge >= 0.3 is 17.9 Å². The van der Waals surface area contributed by atoms with Crippen molar-refractivity contribution < 1.29 is 127 Å². The first-order valence-electron chi connectivity index (χ1n) is 37.1. The minimum absolute atomic E-state index is 0.0127. The van der Waals surface area contributed by atoms with Gasteiger partial charge in [0.25, 0.3) is 0 Å². The number of carbonyl (C=O) groups excluding carboxylic acids is 2. The van der Waals surface area contributed by atoms with Crippen molar-refractivity contribution in [3.8, 4) is 5.75 Å². The van der Waals surface area contributed by atoms with Crippen LogP contribution in [0.25, 0.3) is 5.57 Å². The van der Waals surface area contributed by atoms with Crippen molar-refractivity contribution in [2.24, 2.45) is 74.4 Å². The smallest absolute Gasteiger partial charge is 0.335 e. The first-order valence-corrected chi connectivity index (χ1v) is 37.1. The third kappa shape index (κ3) is 14.0. The molecule has 5 heterocycles. The van der Waals surface area contributed by atoms with Crippen LogP contribution in [-0.2, 0) is 66.5 Å². The van der Waals surface area contributed by atoms with Crippen molar-refractivity contribution in [2.45, 2.75) is 309 Å². The lowest BCUT2D eigenvalue weighted by atomic mass is 9.34. The highest BCUT2D eigenvalue weighted by molar-refractivity contribution is 5.96. The molecule has 1 aromatic rings. The standard InChI is InChI=1S/C76H116O26/c1-17-45-34(4)32(2)36(6)67(94-45)99-61-54(82)51(79)37(7)92-69(61)101-63-58(86)59(97-65(89)35(5)33(3)39-18-20-40(91-16)21-19-39)38(8)93-70(63)102-66(90)42-29-72(9,10)28-41-43-22-23-48-74(13)26-25-49(73(11,12)47(74)24-27-75(48,14)76(43,15)30-44(78)50(41)42)96-71-62(56(84)55(83)60(98-71)64(87)88)100-68-57(85)53(81)52(80)46(31-77)95-68/h18-22,32,34,36-38,41-42,44-63,67-71,77-86H,17,23-31H2,1-16H3,(H,87,88)/b35-33+/t32-,34-,36-,37-,38-,41+,42+,44+,45+,46+,47+,48+,49-,50+,51-,52+,53-,54+,55-,56-,57+,58-,59+,60-,61+,62+,63-,67+,68-,69-,70+,71+,74-,75+,76+/m0/s1. The molecule has 0 radical (unpaired) electrons. The zero-order valence-corrected chi connectivity index (χ0v) is 62.0. The van der Waals surface area contributed by atoms with Crippen molar-refractivity contribution in [2.75, 3.05) is 13.7 Å². The number of fused-ring (bicyclic) bond motifs is 7. The number of aliphatic hydroxyl groups excluding tert-OH is 10. The molecule has 5 aliphatic carbocycles. The molecule has 1 aromatic carbocycles. The number of allylic oxidation sites excluding steroid dienone is 3. The van der Waals surface area contributed by atoms with Gasteiger partial charge in [0, 0.05) is 17.4 Å². The minimum Gasteiger partial charge on any atom is -0.497 e. The van der Waals surface area contributed by atoms with Crippen molar-refractivity contribution in [3.63, 3.8) is 0 Å². The molecule has 0 aromatic heterocycles. The van der Waals surface area contributed by atoms with Crippen LogP contribution in [0.15, 0.2) is 41.5 Å². The molecule has 0 bridgehead atoms. The first-order chi connectivity index (χ1) is 47.8. The van der Waals surface area contributed by atoms with Crippen LogP contribution in [0.4, 0.5) is 0 Å². The van der Waals surface area contributed by atoms with Gasteiger partial charge < -0.3 is 113 Å². The third-order valence-electron chi connectivity index (χ3n) is 27.3. The Labute approximate surface area is 598 Å². The van der Waals surface area contributed by atoms with Gasteiger partial charge in [-0.05, 0) is 165 Å². The van der Waals surface area contributed by atoms with E-state index in [1.165, 1.54) is 5.57 Å². The van der Waals surface area contributed by atoms with Gasteiger partial charge in [0.2, 0.25) is 6.29 Å². The Kier molecular flexibility index (Phi) is 23.3. The molecule has 11 N–H and O–H groups in total. The number of hydrogen-bond acceptors (Lipinski definition) is 25. The molecule has 10 aliphatic rings. The molecule has 9 fully saturated rings. The van der Waals surface area contributed by atoms with E-state index < -0.39 is 199 Å². The number of hydrogen-bond donors (Lipinski definition) is 11. The number of aliphatic hydroxyl groups is 10. The zero-order chi connectivity index (χ0) is 74.7. The highest BCUT2D eigenvalue weighted by atomic mass is 16.8. The average molecular weight is 1450 g/mol. The van der Waals surface area contributed by atoms with Crippen molar-refractivity contribution in [3.05, 3.63) is 47.1 Å². The second kappa shape index (κ2) is 30.0. The molecule has 5 saturated heterocycles. The second-order valence-corrected chi connectivity index (χ2v) is 33.9. The maximum Gasteiger partial charge on any atom is 0.335 e. The Balaban J connectivity index is 0.855. The summed E-state index contributed by atoms with van der Waals surface area (Å²) in [6, 6.07) is 7.16. The Morgan fingerprint density at radius 1 is 0.578 bits per heavy atom. The van der Waals surface area contributed by atoms with E-state index >= 15 is 4.79 Å². The van der Waals surface area contributed by atoms with E-state index in [1.54, 1.807) is 46.9 Å². The number of carboxylic acid groups (broad SMARTS) is 1. The Morgan fingerprint density at radius 2 is 1.19 bits per heavy atom. The Morgan fingerprint density at radius 3 is 1.82 bits per heavy atom. The third-order valence-corrected chi connectivity index (χ3v) is 27.3. The summed E-state index contributed by atoms with van der Waals surface area (Å²) in [6.45, 7) is 29.3. The highest BCUT2D eigenvalue weighted by Crippen LogP contribution is 2.75. The number of carboxylic acids is 1. The molecule has 11 rings (SSSR count). The van der Waals surface area contributed by atoms with E-state index in [2.05, 4.69) is 68.4 Å². The van der Waals surface area contributed by atoms with Gasteiger partial charge in [0.05, 0.1) is 50.2 Å². The van der Waals surface area contributed by atoms with Crippen LogP contribution in [0.5, 0.6) is 5.75 Å². The van der Waals surface area contributed by atoms with Crippen LogP contribution in [0, 0.1) is 74.4 Å². The molecule has 0 unspecified atom stereocenters. The van der Waals surface area contributed by atoms with Gasteiger partial charge in [-0.1, -0.05) is 99.9 Å². The summed E-state index contributed by atoms with van der Waals surface area (Å²) in [5.41, 5.74) is 0.307. The first kappa shape index (κ1) is 79.2. The fourth-order valence-corrected chi connectivity index (χ4v) is 20.6. The van der Waals surface area contributed by atoms with E-state index in [-0.39, 0.29) is 52.6 Å². The maximum absolute atomic E-state index is 15.7. The largest absolute Gasteiger partial charge is 0.497 e. The van der Waals surface area contributed by atoms with Crippen molar-refractivity contribution in [1.82, 2.24) is 0 Å². The topological polar surface area (TPSA) is 385 Å². The normalized spacial score (nSPS) is 48.7. The predicted molar refractivity (Wildman–Crippen MR) is 362 cm³/mol. The summed E-state index contributed by atoms with van der Waals surface area (Å²) in [7, 11) is 1.56. The summed E-state index contributed by atoms with van der Waals surface area (Å²) in [5, 5.41) is 124. The van der Waals surface area contributed by atoms with E-state index in [9.17, 15) is 65.8 Å². The Bertz CT molecular complexity index is 3190. The molecule has 26 nitrogen and oxygen atoms in total. The SMILES string of the molecule is CC[C@H]1O[C@H](O[C@H]2[C@H](O[C@@H]3[C@@H](OC(=O)[C@@H]4CC(C)(C)C[C@@H]5C6=CC[C@@H]7[C@@]8(C)CC[C@H](O[C@@H]9O[C@H](C(=O)O)[C@@H](O)[C@H](O)[C@H]9O[C@@H]9O[C@H](CO)[C@@H](O)[C@H](O)[C@H]9O)C(C)(C)[C@H]8CC[C@@]7(C)[C@]6(C)C[C@@H](O)[C@H]54)O[C@@H](C)[C@@H](OC(=O)/C(C)=C(\C)c4ccc(OC)cc4)[C@@H]3O)O[C@@H](C)[C@H](O)[C@H]2O)[C@@H](C)[C@@H](C)[C@@H]1C. The van der Waals surface area contributed by atoms with Crippen LogP contribution in [0.1, 0.15) is 167 Å². The number of esters is 2. The molecule has 4 saturated carbocycles. The van der Waals surface area contributed by atoms with Gasteiger partial charge in [0.1, 0.15) is 72.9 Å². The van der Waals surface area contributed by atoms with Gasteiger partial charge in [-0.3, -0.25) is 4.79 Å². The number of rotatable bonds is 17. The molecule has 102 heavy (non-hydrogen) atoms. The molecular formula is C76H116O26. The highest BCUT2D eigenvalue weighted by Gasteiger charge is 2.70. The van der Waals surface area contributed by atoms with E-state index in [0.717, 1.165) is 18.4 Å². The number of aliphatic carboxylic acids is 1. The van der Waals surface area contributed by atoms with Gasteiger partial charge in [0.15, 0.2) is 43.5 Å². The van der Waals surface area contributed by atoms with Gasteiger partial charge in [-0.2, -0.15) is 0 Å². The van der Waals surface area contributed by atoms with E-state index in [0.29, 0.717) is 56.3 Å². The summed E-state index contributed by atoms with van der Waals surface area (Å²) < 4.78 is 75.3. The summed E-state index contributed by atoms with van der Waals surface area (Å²) in [6.07, 6.45) is -27.8. The molecule has 576 valence electrons. The van der Waals surface area contributed by atoms with Crippen molar-refractivity contribution >= 4 is 23.5 Å². The van der Waals surface area contributed by atoms with Gasteiger partial charge in [-0.25, -0.2) is 9.59 Å². The molecule has 26 heteroatoms. The molecule has 35 atom stereocenters. The summed E-state index contributed by atoms with van der Waals surface area (Å²) in [5.74, 6) is -4.05. The fourth-order valence-electron chi connectivity index (χ4n) is 20.6. The van der Waals surface area contributed by atoms with Crippen LogP contribution in [-0.4, -0.2) is 235 Å². The maximum atomic E-state index is 15.7.